The fourth-order valence-corrected chi connectivity index (χ4v) is 2.88. The lowest BCUT2D eigenvalue weighted by atomic mass is 10.1. The number of nitrogens with zero attached hydrogens (tertiary/aromatic N) is 1. The Morgan fingerprint density at radius 1 is 1.07 bits per heavy atom. The molecule has 1 aliphatic rings. The van der Waals surface area contributed by atoms with Gasteiger partial charge in [-0.1, -0.05) is 11.6 Å². The molecule has 0 aliphatic carbocycles. The second-order valence-electron chi connectivity index (χ2n) is 5.97. The second-order valence-corrected chi connectivity index (χ2v) is 6.38. The fourth-order valence-electron chi connectivity index (χ4n) is 2.68. The van der Waals surface area contributed by atoms with Crippen molar-refractivity contribution in [2.45, 2.75) is 0 Å². The van der Waals surface area contributed by atoms with Gasteiger partial charge in [-0.25, -0.2) is 10.2 Å². The van der Waals surface area contributed by atoms with Crippen molar-refractivity contribution in [3.05, 3.63) is 70.4 Å². The Labute approximate surface area is 169 Å². The molecular weight excluding hydrogens is 400 g/mol. The average Bonchev–Trinajstić information content (AvgIpc) is 3.36. The van der Waals surface area contributed by atoms with E-state index in [1.807, 2.05) is 0 Å². The van der Waals surface area contributed by atoms with Crippen LogP contribution in [0.25, 0.3) is 11.3 Å². The van der Waals surface area contributed by atoms with E-state index in [-0.39, 0.29) is 17.4 Å². The van der Waals surface area contributed by atoms with Gasteiger partial charge < -0.3 is 19.0 Å². The lowest BCUT2D eigenvalue weighted by molar-refractivity contribution is 0.0697. The Bertz CT molecular complexity index is 1140. The standard InChI is InChI=1S/C20H13ClN2O6/c21-15-4-1-11(7-14(15)20(25)26)16-6-3-13(29-16)9-22-23-19(24)12-2-5-17-18(8-12)28-10-27-17/h1-9H,10H2,(H,23,24)(H,25,26)/b22-9-. The number of nitrogens with one attached hydrogen (secondary N) is 1. The molecule has 1 amide bonds. The lowest BCUT2D eigenvalue weighted by Gasteiger charge is -2.02. The summed E-state index contributed by atoms with van der Waals surface area (Å²) in [6.45, 7) is 0.126. The van der Waals surface area contributed by atoms with Crippen LogP contribution in [0.5, 0.6) is 11.5 Å². The van der Waals surface area contributed by atoms with Crippen LogP contribution in [0.4, 0.5) is 0 Å². The maximum atomic E-state index is 12.2. The monoisotopic (exact) mass is 412 g/mol. The third-order valence-corrected chi connectivity index (χ3v) is 4.43. The topological polar surface area (TPSA) is 110 Å². The van der Waals surface area contributed by atoms with Crippen LogP contribution in [0.15, 0.2) is 58.0 Å². The van der Waals surface area contributed by atoms with Gasteiger partial charge in [0.05, 0.1) is 16.8 Å². The van der Waals surface area contributed by atoms with E-state index < -0.39 is 11.9 Å². The van der Waals surface area contributed by atoms with Gasteiger partial charge in [0, 0.05) is 11.1 Å². The number of ether oxygens (including phenoxy) is 2. The highest BCUT2D eigenvalue weighted by Gasteiger charge is 2.16. The van der Waals surface area contributed by atoms with E-state index in [1.165, 1.54) is 18.3 Å². The van der Waals surface area contributed by atoms with Gasteiger partial charge in [-0.15, -0.1) is 0 Å². The summed E-state index contributed by atoms with van der Waals surface area (Å²) in [7, 11) is 0. The maximum Gasteiger partial charge on any atom is 0.337 e. The summed E-state index contributed by atoms with van der Waals surface area (Å²) >= 11 is 5.88. The summed E-state index contributed by atoms with van der Waals surface area (Å²) in [5, 5.41) is 13.2. The van der Waals surface area contributed by atoms with Crippen LogP contribution in [-0.2, 0) is 0 Å². The van der Waals surface area contributed by atoms with Gasteiger partial charge in [0.2, 0.25) is 6.79 Å². The van der Waals surface area contributed by atoms with Crippen LogP contribution >= 0.6 is 11.6 Å². The normalized spacial score (nSPS) is 12.3. The highest BCUT2D eigenvalue weighted by atomic mass is 35.5. The third kappa shape index (κ3) is 3.92. The van der Waals surface area contributed by atoms with Gasteiger partial charge in [0.1, 0.15) is 11.5 Å². The zero-order chi connectivity index (χ0) is 20.4. The van der Waals surface area contributed by atoms with Crippen molar-refractivity contribution in [3.63, 3.8) is 0 Å². The molecule has 0 saturated heterocycles. The highest BCUT2D eigenvalue weighted by Crippen LogP contribution is 2.32. The molecule has 2 aromatic carbocycles. The largest absolute Gasteiger partial charge is 0.478 e. The minimum absolute atomic E-state index is 0.0215. The summed E-state index contributed by atoms with van der Waals surface area (Å²) in [5.74, 6) is 0.347. The van der Waals surface area contributed by atoms with Gasteiger partial charge in [0.25, 0.3) is 5.91 Å². The van der Waals surface area contributed by atoms with Gasteiger partial charge in [-0.2, -0.15) is 5.10 Å². The molecule has 146 valence electrons. The van der Waals surface area contributed by atoms with Gasteiger partial charge in [-0.05, 0) is 48.5 Å². The molecule has 9 heteroatoms. The number of hydrazone groups is 1. The number of carbonyl (C=O) groups excluding carboxylic acids is 1. The molecule has 3 aromatic rings. The molecular formula is C20H13ClN2O6. The smallest absolute Gasteiger partial charge is 0.337 e. The van der Waals surface area contributed by atoms with Gasteiger partial charge in [0.15, 0.2) is 11.5 Å². The van der Waals surface area contributed by atoms with Gasteiger partial charge >= 0.3 is 5.97 Å². The molecule has 0 atom stereocenters. The molecule has 2 N–H and O–H groups in total. The fraction of sp³-hybridized carbons (Fsp3) is 0.0500. The number of amides is 1. The number of hydrogen-bond donors (Lipinski definition) is 2. The van der Waals surface area contributed by atoms with Crippen molar-refractivity contribution in [2.75, 3.05) is 6.79 Å². The van der Waals surface area contributed by atoms with E-state index >= 15 is 0 Å². The first-order valence-corrected chi connectivity index (χ1v) is 8.75. The minimum atomic E-state index is -1.13. The average molecular weight is 413 g/mol. The number of rotatable bonds is 5. The van der Waals surface area contributed by atoms with Crippen LogP contribution < -0.4 is 14.9 Å². The number of carbonyl (C=O) groups is 2. The molecule has 8 nitrogen and oxygen atoms in total. The Kier molecular flexibility index (Phi) is 4.92. The van der Waals surface area contributed by atoms with Crippen molar-refractivity contribution in [3.8, 4) is 22.8 Å². The molecule has 0 saturated carbocycles. The summed E-state index contributed by atoms with van der Waals surface area (Å²) in [5.41, 5.74) is 3.30. The highest BCUT2D eigenvalue weighted by molar-refractivity contribution is 6.33. The van der Waals surface area contributed by atoms with E-state index in [1.54, 1.807) is 36.4 Å². The molecule has 0 spiro atoms. The Morgan fingerprint density at radius 3 is 2.72 bits per heavy atom. The van der Waals surface area contributed by atoms with Crippen molar-refractivity contribution in [1.82, 2.24) is 5.43 Å². The molecule has 29 heavy (non-hydrogen) atoms. The molecule has 2 heterocycles. The van der Waals surface area contributed by atoms with Crippen molar-refractivity contribution >= 4 is 29.7 Å². The summed E-state index contributed by atoms with van der Waals surface area (Å²) in [6, 6.07) is 12.7. The van der Waals surface area contributed by atoms with E-state index in [0.29, 0.717) is 34.1 Å². The first-order chi connectivity index (χ1) is 14.0. The SMILES string of the molecule is O=C(N/N=C\c1ccc(-c2ccc(Cl)c(C(=O)O)c2)o1)c1ccc2c(c1)OCO2. The molecule has 1 aliphatic heterocycles. The number of halogens is 1. The van der Waals surface area contributed by atoms with E-state index in [9.17, 15) is 9.59 Å². The number of hydrogen-bond acceptors (Lipinski definition) is 6. The molecule has 1 aromatic heterocycles. The van der Waals surface area contributed by atoms with Crippen molar-refractivity contribution in [2.24, 2.45) is 5.10 Å². The molecule has 0 radical (unpaired) electrons. The third-order valence-electron chi connectivity index (χ3n) is 4.10. The maximum absolute atomic E-state index is 12.2. The predicted octanol–water partition coefficient (Wildman–Crippen LogP) is 3.79. The van der Waals surface area contributed by atoms with E-state index in [0.717, 1.165) is 0 Å². The molecule has 0 unspecified atom stereocenters. The zero-order valence-corrected chi connectivity index (χ0v) is 15.5. The number of aromatic carboxylic acids is 1. The molecule has 4 rings (SSSR count). The molecule has 0 bridgehead atoms. The van der Waals surface area contributed by atoms with Crippen molar-refractivity contribution < 1.29 is 28.6 Å². The summed E-state index contributed by atoms with van der Waals surface area (Å²) < 4.78 is 16.1. The van der Waals surface area contributed by atoms with Crippen LogP contribution in [-0.4, -0.2) is 30.0 Å². The molecule has 0 fully saturated rings. The Hall–Kier alpha value is -3.78. The first kappa shape index (κ1) is 18.6. The number of carboxylic acid groups (broad SMARTS) is 1. The minimum Gasteiger partial charge on any atom is -0.478 e. The van der Waals surface area contributed by atoms with Crippen molar-refractivity contribution in [1.29, 1.82) is 0 Å². The number of furan rings is 1. The second kappa shape index (κ2) is 7.69. The van der Waals surface area contributed by atoms with E-state index in [2.05, 4.69) is 10.5 Å². The number of fused-ring (bicyclic) bond motifs is 1. The Balaban J connectivity index is 1.44. The Morgan fingerprint density at radius 2 is 1.90 bits per heavy atom. The summed E-state index contributed by atoms with van der Waals surface area (Å²) in [4.78, 5) is 23.4. The van der Waals surface area contributed by atoms with Crippen LogP contribution in [0.1, 0.15) is 26.5 Å². The first-order valence-electron chi connectivity index (χ1n) is 8.37. The number of carboxylic acids is 1. The van der Waals surface area contributed by atoms with Crippen LogP contribution in [0, 0.1) is 0 Å². The van der Waals surface area contributed by atoms with Crippen LogP contribution in [0.3, 0.4) is 0 Å². The van der Waals surface area contributed by atoms with Crippen LogP contribution in [0.2, 0.25) is 5.02 Å². The zero-order valence-electron chi connectivity index (χ0n) is 14.7. The summed E-state index contributed by atoms with van der Waals surface area (Å²) in [6.07, 6.45) is 1.34. The number of benzene rings is 2. The van der Waals surface area contributed by atoms with Gasteiger partial charge in [-0.3, -0.25) is 4.79 Å². The lowest BCUT2D eigenvalue weighted by Crippen LogP contribution is -2.17. The quantitative estimate of drug-likeness (QED) is 0.487. The predicted molar refractivity (Wildman–Crippen MR) is 104 cm³/mol. The van der Waals surface area contributed by atoms with E-state index in [4.69, 9.17) is 30.6 Å².